The molecule has 0 amide bonds. The second-order valence-corrected chi connectivity index (χ2v) is 11.1. The second-order valence-electron chi connectivity index (χ2n) is 9.65. The number of aliphatic hydroxyl groups is 2. The van der Waals surface area contributed by atoms with Gasteiger partial charge in [0.2, 0.25) is 0 Å². The summed E-state index contributed by atoms with van der Waals surface area (Å²) in [5.41, 5.74) is 1.81. The van der Waals surface area contributed by atoms with Crippen molar-refractivity contribution in [2.24, 2.45) is 10.2 Å². The SMILES string of the molecule is CCn1c(O)c(CS(=O)(=O)O)c(C)c(N=Nc2c(C)cc(C(O)c3ccccc3)cc2C(O)c2ccccc2)c1=O. The Hall–Kier alpha value is -4.16. The number of benzene rings is 3. The summed E-state index contributed by atoms with van der Waals surface area (Å²) in [6, 6.07) is 21.2. The summed E-state index contributed by atoms with van der Waals surface area (Å²) in [6.07, 6.45) is -2.14. The van der Waals surface area contributed by atoms with Gasteiger partial charge in [0.25, 0.3) is 15.7 Å². The lowest BCUT2D eigenvalue weighted by atomic mass is 9.92. The lowest BCUT2D eigenvalue weighted by Gasteiger charge is -2.20. The fraction of sp³-hybridized carbons (Fsp3) is 0.233. The lowest BCUT2D eigenvalue weighted by Crippen LogP contribution is -2.22. The van der Waals surface area contributed by atoms with E-state index in [9.17, 15) is 33.1 Å². The topological polar surface area (TPSA) is 162 Å². The number of azo groups is 1. The van der Waals surface area contributed by atoms with E-state index in [1.807, 2.05) is 24.3 Å². The highest BCUT2D eigenvalue weighted by Crippen LogP contribution is 2.38. The molecule has 0 radical (unpaired) electrons. The molecule has 0 saturated carbocycles. The first kappa shape index (κ1) is 29.8. The number of aliphatic hydroxyl groups excluding tert-OH is 2. The van der Waals surface area contributed by atoms with E-state index in [0.29, 0.717) is 27.8 Å². The molecule has 2 atom stereocenters. The van der Waals surface area contributed by atoms with Gasteiger partial charge in [-0.15, -0.1) is 10.2 Å². The number of nitrogens with zero attached hydrogens (tertiary/aromatic N) is 3. The van der Waals surface area contributed by atoms with Crippen LogP contribution in [0.2, 0.25) is 0 Å². The quantitative estimate of drug-likeness (QED) is 0.158. The summed E-state index contributed by atoms with van der Waals surface area (Å²) in [7, 11) is -4.54. The Morgan fingerprint density at radius 2 is 1.37 bits per heavy atom. The fourth-order valence-corrected chi connectivity index (χ4v) is 5.42. The molecule has 0 bridgehead atoms. The van der Waals surface area contributed by atoms with Crippen LogP contribution in [0.3, 0.4) is 0 Å². The zero-order valence-electron chi connectivity index (χ0n) is 22.8. The Labute approximate surface area is 237 Å². The molecule has 11 heteroatoms. The molecule has 4 aromatic rings. The summed E-state index contributed by atoms with van der Waals surface area (Å²) in [6.45, 7) is 4.73. The van der Waals surface area contributed by atoms with Gasteiger partial charge in [-0.1, -0.05) is 66.7 Å². The number of rotatable bonds is 9. The number of aromatic hydroxyl groups is 1. The normalized spacial score (nSPS) is 13.4. The molecule has 4 N–H and O–H groups in total. The molecule has 214 valence electrons. The minimum Gasteiger partial charge on any atom is -0.494 e. The van der Waals surface area contributed by atoms with Crippen molar-refractivity contribution in [2.45, 2.75) is 45.3 Å². The van der Waals surface area contributed by atoms with Crippen LogP contribution in [0.15, 0.2) is 87.8 Å². The Morgan fingerprint density at radius 1 is 0.829 bits per heavy atom. The Kier molecular flexibility index (Phi) is 8.83. The molecular formula is C30H31N3O7S. The van der Waals surface area contributed by atoms with E-state index < -0.39 is 39.5 Å². The third-order valence-electron chi connectivity index (χ3n) is 6.87. The molecule has 0 spiro atoms. The van der Waals surface area contributed by atoms with Crippen molar-refractivity contribution in [2.75, 3.05) is 0 Å². The maximum absolute atomic E-state index is 13.2. The van der Waals surface area contributed by atoms with Crippen molar-refractivity contribution >= 4 is 21.5 Å². The highest BCUT2D eigenvalue weighted by Gasteiger charge is 2.24. The van der Waals surface area contributed by atoms with Crippen LogP contribution >= 0.6 is 0 Å². The van der Waals surface area contributed by atoms with Gasteiger partial charge in [0.15, 0.2) is 11.6 Å². The Morgan fingerprint density at radius 3 is 1.90 bits per heavy atom. The van der Waals surface area contributed by atoms with E-state index in [0.717, 1.165) is 4.57 Å². The van der Waals surface area contributed by atoms with Crippen molar-refractivity contribution in [1.29, 1.82) is 0 Å². The van der Waals surface area contributed by atoms with Crippen LogP contribution in [0.5, 0.6) is 5.88 Å². The average molecular weight is 578 g/mol. The van der Waals surface area contributed by atoms with Crippen LogP contribution < -0.4 is 5.56 Å². The fourth-order valence-electron chi connectivity index (χ4n) is 4.71. The minimum absolute atomic E-state index is 0.00894. The average Bonchev–Trinajstić information content (AvgIpc) is 2.95. The minimum atomic E-state index is -4.54. The smallest absolute Gasteiger partial charge is 0.281 e. The van der Waals surface area contributed by atoms with Crippen molar-refractivity contribution in [3.63, 3.8) is 0 Å². The number of aromatic nitrogens is 1. The van der Waals surface area contributed by atoms with E-state index in [2.05, 4.69) is 10.2 Å². The van der Waals surface area contributed by atoms with Crippen LogP contribution in [0, 0.1) is 13.8 Å². The monoisotopic (exact) mass is 577 g/mol. The van der Waals surface area contributed by atoms with Gasteiger partial charge in [0, 0.05) is 17.7 Å². The molecule has 0 fully saturated rings. The Bertz CT molecular complexity index is 1750. The van der Waals surface area contributed by atoms with Gasteiger partial charge in [-0.3, -0.25) is 13.9 Å². The molecule has 0 saturated heterocycles. The summed E-state index contributed by atoms with van der Waals surface area (Å²) >= 11 is 0. The van der Waals surface area contributed by atoms with Crippen molar-refractivity contribution in [3.05, 3.63) is 122 Å². The largest absolute Gasteiger partial charge is 0.494 e. The van der Waals surface area contributed by atoms with E-state index >= 15 is 0 Å². The highest BCUT2D eigenvalue weighted by atomic mass is 32.2. The summed E-state index contributed by atoms with van der Waals surface area (Å²) < 4.78 is 33.6. The van der Waals surface area contributed by atoms with Crippen LogP contribution in [0.4, 0.5) is 11.4 Å². The number of aryl methyl sites for hydroxylation is 1. The maximum Gasteiger partial charge on any atom is 0.281 e. The van der Waals surface area contributed by atoms with Crippen molar-refractivity contribution in [3.8, 4) is 5.88 Å². The number of hydrogen-bond donors (Lipinski definition) is 4. The third kappa shape index (κ3) is 6.44. The molecule has 0 aliphatic carbocycles. The molecule has 0 aliphatic rings. The molecular weight excluding hydrogens is 546 g/mol. The van der Waals surface area contributed by atoms with Crippen LogP contribution in [0.1, 0.15) is 58.1 Å². The van der Waals surface area contributed by atoms with E-state index in [1.165, 1.54) is 6.92 Å². The van der Waals surface area contributed by atoms with Gasteiger partial charge < -0.3 is 15.3 Å². The standard InChI is InChI=1S/C30H31N3O7S/c1-4-33-29(36)24(17-41(38,39)40)19(3)26(30(33)37)32-31-25-18(2)15-22(27(34)20-11-7-5-8-12-20)16-23(25)28(35)21-13-9-6-10-14-21/h5-16,27-28,34-36H,4,17H2,1-3H3,(H,38,39,40). The van der Waals surface area contributed by atoms with Crippen LogP contribution in [-0.4, -0.2) is 32.9 Å². The van der Waals surface area contributed by atoms with E-state index in [-0.39, 0.29) is 29.0 Å². The molecule has 1 aromatic heterocycles. The summed E-state index contributed by atoms with van der Waals surface area (Å²) in [4.78, 5) is 13.2. The number of hydrogen-bond acceptors (Lipinski definition) is 8. The van der Waals surface area contributed by atoms with E-state index in [1.54, 1.807) is 62.4 Å². The van der Waals surface area contributed by atoms with Gasteiger partial charge in [0.05, 0.1) is 5.69 Å². The molecule has 2 unspecified atom stereocenters. The number of pyridine rings is 1. The first-order valence-electron chi connectivity index (χ1n) is 12.9. The highest BCUT2D eigenvalue weighted by molar-refractivity contribution is 7.85. The van der Waals surface area contributed by atoms with E-state index in [4.69, 9.17) is 0 Å². The van der Waals surface area contributed by atoms with Gasteiger partial charge in [-0.2, -0.15) is 8.42 Å². The second kappa shape index (κ2) is 12.1. The Balaban J connectivity index is 1.91. The third-order valence-corrected chi connectivity index (χ3v) is 7.52. The summed E-state index contributed by atoms with van der Waals surface area (Å²) in [5.74, 6) is -1.50. The van der Waals surface area contributed by atoms with Crippen LogP contribution in [-0.2, 0) is 22.4 Å². The molecule has 3 aromatic carbocycles. The predicted octanol–water partition coefficient (Wildman–Crippen LogP) is 5.16. The summed E-state index contributed by atoms with van der Waals surface area (Å²) in [5, 5.41) is 41.6. The predicted molar refractivity (Wildman–Crippen MR) is 154 cm³/mol. The molecule has 1 heterocycles. The zero-order valence-corrected chi connectivity index (χ0v) is 23.6. The molecule has 41 heavy (non-hydrogen) atoms. The molecule has 4 rings (SSSR count). The van der Waals surface area contributed by atoms with Gasteiger partial charge in [0.1, 0.15) is 18.0 Å². The first-order valence-corrected chi connectivity index (χ1v) is 14.5. The van der Waals surface area contributed by atoms with Gasteiger partial charge in [-0.05, 0) is 54.7 Å². The molecule has 10 nitrogen and oxygen atoms in total. The van der Waals surface area contributed by atoms with Gasteiger partial charge in [-0.25, -0.2) is 0 Å². The van der Waals surface area contributed by atoms with Gasteiger partial charge >= 0.3 is 0 Å². The first-order chi connectivity index (χ1) is 19.4. The van der Waals surface area contributed by atoms with Crippen molar-refractivity contribution in [1.82, 2.24) is 4.57 Å². The van der Waals surface area contributed by atoms with Crippen LogP contribution in [0.25, 0.3) is 0 Å². The maximum atomic E-state index is 13.2. The van der Waals surface area contributed by atoms with Crippen molar-refractivity contribution < 1.29 is 28.3 Å². The molecule has 0 aliphatic heterocycles. The zero-order chi connectivity index (χ0) is 29.9. The lowest BCUT2D eigenvalue weighted by molar-refractivity contribution is 0.214.